The summed E-state index contributed by atoms with van der Waals surface area (Å²) in [5, 5.41) is 4.52. The Morgan fingerprint density at radius 1 is 1.07 bits per heavy atom. The van der Waals surface area contributed by atoms with E-state index < -0.39 is 22.8 Å². The number of rotatable bonds is 6. The monoisotopic (exact) mass is 428 g/mol. The van der Waals surface area contributed by atoms with Gasteiger partial charge in [0.1, 0.15) is 5.75 Å². The average Bonchev–Trinajstić information content (AvgIpc) is 2.62. The third-order valence-corrected chi connectivity index (χ3v) is 4.45. The van der Waals surface area contributed by atoms with E-state index in [1.807, 2.05) is 24.3 Å². The van der Waals surface area contributed by atoms with Crippen molar-refractivity contribution < 1.29 is 22.7 Å². The number of amides is 2. The number of anilines is 1. The zero-order valence-corrected chi connectivity index (χ0v) is 17.2. The van der Waals surface area contributed by atoms with Crippen LogP contribution in [0.1, 0.15) is 38.3 Å². The van der Waals surface area contributed by atoms with Gasteiger partial charge in [-0.2, -0.15) is 13.2 Å². The van der Waals surface area contributed by atoms with Crippen LogP contribution >= 0.6 is 11.6 Å². The van der Waals surface area contributed by atoms with Crippen LogP contribution in [0.2, 0.25) is 5.02 Å². The predicted octanol–water partition coefficient (Wildman–Crippen LogP) is 6.25. The van der Waals surface area contributed by atoms with E-state index in [4.69, 9.17) is 16.3 Å². The Morgan fingerprint density at radius 3 is 2.31 bits per heavy atom. The summed E-state index contributed by atoms with van der Waals surface area (Å²) in [4.78, 5) is 11.8. The minimum absolute atomic E-state index is 0.00872. The molecule has 0 aliphatic carbocycles. The second kappa shape index (κ2) is 9.39. The molecule has 0 fully saturated rings. The SMILES string of the molecule is CC(C)(C)c1ccc(OCCCNC(=O)Nc2ccc(Cl)c(C(F)(F)F)c2)cc1. The normalized spacial score (nSPS) is 11.8. The molecule has 2 amide bonds. The summed E-state index contributed by atoms with van der Waals surface area (Å²) in [5.41, 5.74) is 0.289. The molecule has 2 rings (SSSR count). The zero-order chi connectivity index (χ0) is 21.7. The fraction of sp³-hybridized carbons (Fsp3) is 0.381. The van der Waals surface area contributed by atoms with Crippen molar-refractivity contribution in [1.82, 2.24) is 5.32 Å². The van der Waals surface area contributed by atoms with Gasteiger partial charge in [0.2, 0.25) is 0 Å². The molecule has 2 aromatic rings. The van der Waals surface area contributed by atoms with Gasteiger partial charge >= 0.3 is 12.2 Å². The molecule has 0 aliphatic heterocycles. The molecule has 0 aromatic heterocycles. The summed E-state index contributed by atoms with van der Waals surface area (Å²) in [6, 6.07) is 10.4. The van der Waals surface area contributed by atoms with Crippen molar-refractivity contribution in [2.45, 2.75) is 38.8 Å². The molecule has 0 unspecified atom stereocenters. The molecule has 0 saturated carbocycles. The van der Waals surface area contributed by atoms with Gasteiger partial charge in [-0.3, -0.25) is 0 Å². The van der Waals surface area contributed by atoms with Crippen LogP contribution in [0.15, 0.2) is 42.5 Å². The van der Waals surface area contributed by atoms with Crippen molar-refractivity contribution in [3.05, 3.63) is 58.6 Å². The third kappa shape index (κ3) is 7.16. The Morgan fingerprint density at radius 2 is 1.72 bits per heavy atom. The second-order valence-electron chi connectivity index (χ2n) is 7.55. The fourth-order valence-electron chi connectivity index (χ4n) is 2.51. The minimum Gasteiger partial charge on any atom is -0.494 e. The standard InChI is InChI=1S/C21H24ClF3N2O2/c1-20(2,3)14-5-8-16(9-6-14)29-12-4-11-26-19(28)27-15-7-10-18(22)17(13-15)21(23,24)25/h5-10,13H,4,11-12H2,1-3H3,(H2,26,27,28). The highest BCUT2D eigenvalue weighted by Gasteiger charge is 2.33. The maximum Gasteiger partial charge on any atom is 0.417 e. The average molecular weight is 429 g/mol. The van der Waals surface area contributed by atoms with Gasteiger partial charge in [-0.1, -0.05) is 44.5 Å². The van der Waals surface area contributed by atoms with E-state index in [1.54, 1.807) is 0 Å². The summed E-state index contributed by atoms with van der Waals surface area (Å²) in [5.74, 6) is 0.739. The van der Waals surface area contributed by atoms with Crippen LogP contribution in [0.5, 0.6) is 5.75 Å². The molecule has 4 nitrogen and oxygen atoms in total. The summed E-state index contributed by atoms with van der Waals surface area (Å²) in [7, 11) is 0. The maximum atomic E-state index is 12.8. The first kappa shape index (κ1) is 22.9. The number of ether oxygens (including phenoxy) is 1. The lowest BCUT2D eigenvalue weighted by Crippen LogP contribution is -2.30. The number of alkyl halides is 3. The molecular formula is C21H24ClF3N2O2. The molecular weight excluding hydrogens is 405 g/mol. The van der Waals surface area contributed by atoms with E-state index in [2.05, 4.69) is 31.4 Å². The van der Waals surface area contributed by atoms with Crippen LogP contribution < -0.4 is 15.4 Å². The van der Waals surface area contributed by atoms with Crippen LogP contribution in [-0.2, 0) is 11.6 Å². The number of hydrogen-bond acceptors (Lipinski definition) is 2. The Kier molecular flexibility index (Phi) is 7.41. The molecule has 0 radical (unpaired) electrons. The summed E-state index contributed by atoms with van der Waals surface area (Å²) in [6.45, 7) is 7.11. The van der Waals surface area contributed by atoms with Crippen LogP contribution in [-0.4, -0.2) is 19.2 Å². The highest BCUT2D eigenvalue weighted by molar-refractivity contribution is 6.31. The van der Waals surface area contributed by atoms with Crippen molar-refractivity contribution in [2.24, 2.45) is 0 Å². The van der Waals surface area contributed by atoms with Gasteiger partial charge in [-0.25, -0.2) is 4.79 Å². The smallest absolute Gasteiger partial charge is 0.417 e. The van der Waals surface area contributed by atoms with Crippen molar-refractivity contribution in [1.29, 1.82) is 0 Å². The predicted molar refractivity (Wildman–Crippen MR) is 109 cm³/mol. The van der Waals surface area contributed by atoms with E-state index in [0.717, 1.165) is 17.9 Å². The van der Waals surface area contributed by atoms with Gasteiger partial charge in [0.25, 0.3) is 0 Å². The quantitative estimate of drug-likeness (QED) is 0.534. The number of urea groups is 1. The second-order valence-corrected chi connectivity index (χ2v) is 7.96. The lowest BCUT2D eigenvalue weighted by atomic mass is 9.87. The van der Waals surface area contributed by atoms with E-state index in [-0.39, 0.29) is 11.1 Å². The van der Waals surface area contributed by atoms with E-state index in [0.29, 0.717) is 19.6 Å². The van der Waals surface area contributed by atoms with E-state index in [1.165, 1.54) is 11.6 Å². The highest BCUT2D eigenvalue weighted by atomic mass is 35.5. The molecule has 0 atom stereocenters. The van der Waals surface area contributed by atoms with Gasteiger partial charge < -0.3 is 15.4 Å². The van der Waals surface area contributed by atoms with Crippen molar-refractivity contribution in [3.8, 4) is 5.75 Å². The molecule has 0 spiro atoms. The highest BCUT2D eigenvalue weighted by Crippen LogP contribution is 2.36. The van der Waals surface area contributed by atoms with E-state index in [9.17, 15) is 18.0 Å². The van der Waals surface area contributed by atoms with Crippen molar-refractivity contribution in [2.75, 3.05) is 18.5 Å². The van der Waals surface area contributed by atoms with Gasteiger partial charge in [0.15, 0.2) is 0 Å². The zero-order valence-electron chi connectivity index (χ0n) is 16.5. The largest absolute Gasteiger partial charge is 0.494 e. The van der Waals surface area contributed by atoms with Crippen molar-refractivity contribution >= 4 is 23.3 Å². The summed E-state index contributed by atoms with van der Waals surface area (Å²) >= 11 is 5.55. The van der Waals surface area contributed by atoms with E-state index >= 15 is 0 Å². The lowest BCUT2D eigenvalue weighted by Gasteiger charge is -2.19. The number of halogens is 4. The molecule has 29 heavy (non-hydrogen) atoms. The maximum absolute atomic E-state index is 12.8. The third-order valence-electron chi connectivity index (χ3n) is 4.13. The molecule has 8 heteroatoms. The number of hydrogen-bond donors (Lipinski definition) is 2. The first-order valence-corrected chi connectivity index (χ1v) is 9.49. The molecule has 0 saturated heterocycles. The van der Waals surface area contributed by atoms with Crippen LogP contribution in [0.25, 0.3) is 0 Å². The van der Waals surface area contributed by atoms with Crippen LogP contribution in [0.3, 0.4) is 0 Å². The van der Waals surface area contributed by atoms with Gasteiger partial charge in [-0.05, 0) is 47.7 Å². The number of carbonyl (C=O) groups excluding carboxylic acids is 1. The Balaban J connectivity index is 1.74. The summed E-state index contributed by atoms with van der Waals surface area (Å²) < 4.78 is 44.2. The molecule has 0 bridgehead atoms. The Bertz CT molecular complexity index is 831. The molecule has 0 heterocycles. The number of benzene rings is 2. The first-order chi connectivity index (χ1) is 13.5. The topological polar surface area (TPSA) is 50.4 Å². The Labute approximate surface area is 173 Å². The van der Waals surface area contributed by atoms with Gasteiger partial charge in [-0.15, -0.1) is 0 Å². The molecule has 158 valence electrons. The van der Waals surface area contributed by atoms with Crippen LogP contribution in [0, 0.1) is 0 Å². The van der Waals surface area contributed by atoms with Gasteiger partial charge in [0.05, 0.1) is 17.2 Å². The minimum atomic E-state index is -4.59. The Hall–Kier alpha value is -2.41. The first-order valence-electron chi connectivity index (χ1n) is 9.12. The molecule has 2 N–H and O–H groups in total. The molecule has 2 aromatic carbocycles. The number of nitrogens with one attached hydrogen (secondary N) is 2. The van der Waals surface area contributed by atoms with Gasteiger partial charge in [0, 0.05) is 12.2 Å². The number of carbonyl (C=O) groups is 1. The van der Waals surface area contributed by atoms with Crippen molar-refractivity contribution in [3.63, 3.8) is 0 Å². The van der Waals surface area contributed by atoms with Crippen LogP contribution in [0.4, 0.5) is 23.7 Å². The summed E-state index contributed by atoms with van der Waals surface area (Å²) in [6.07, 6.45) is -4.05. The lowest BCUT2D eigenvalue weighted by molar-refractivity contribution is -0.137. The molecule has 0 aliphatic rings. The fourth-order valence-corrected chi connectivity index (χ4v) is 2.74.